The molecule has 1 aliphatic heterocycles. The summed E-state index contributed by atoms with van der Waals surface area (Å²) in [4.78, 5) is 2.25. The molecular weight excluding hydrogens is 217 g/mol. The number of hydrogen-bond acceptors (Lipinski definition) is 2. The van der Waals surface area contributed by atoms with Gasteiger partial charge >= 0.3 is 6.18 Å². The number of likely N-dealkylation sites (tertiary alicyclic amines) is 1. The first-order chi connectivity index (χ1) is 7.51. The van der Waals surface area contributed by atoms with Crippen molar-refractivity contribution in [3.8, 4) is 0 Å². The fourth-order valence-electron chi connectivity index (χ4n) is 2.23. The molecule has 0 radical (unpaired) electrons. The van der Waals surface area contributed by atoms with E-state index in [0.717, 1.165) is 25.6 Å². The van der Waals surface area contributed by atoms with Crippen molar-refractivity contribution in [1.82, 2.24) is 10.2 Å². The van der Waals surface area contributed by atoms with Crippen molar-refractivity contribution in [3.63, 3.8) is 0 Å². The molecule has 0 aromatic rings. The molecule has 2 nitrogen and oxygen atoms in total. The molecule has 1 unspecified atom stereocenters. The molecule has 0 saturated carbocycles. The summed E-state index contributed by atoms with van der Waals surface area (Å²) in [5.41, 5.74) is 0. The first kappa shape index (κ1) is 13.8. The molecule has 0 aromatic carbocycles. The minimum Gasteiger partial charge on any atom is -0.307 e. The van der Waals surface area contributed by atoms with Gasteiger partial charge in [-0.2, -0.15) is 13.2 Å². The number of nitrogens with one attached hydrogen (secondary N) is 1. The van der Waals surface area contributed by atoms with Gasteiger partial charge in [0.2, 0.25) is 0 Å². The van der Waals surface area contributed by atoms with Gasteiger partial charge in [-0.1, -0.05) is 13.3 Å². The topological polar surface area (TPSA) is 15.3 Å². The molecule has 96 valence electrons. The van der Waals surface area contributed by atoms with Crippen LogP contribution >= 0.6 is 0 Å². The highest BCUT2D eigenvalue weighted by Crippen LogP contribution is 2.20. The molecule has 1 saturated heterocycles. The zero-order valence-corrected chi connectivity index (χ0v) is 9.82. The summed E-state index contributed by atoms with van der Waals surface area (Å²) in [5.74, 6) is 0.757. The Morgan fingerprint density at radius 2 is 2.12 bits per heavy atom. The Kier molecular flexibility index (Phi) is 5.55. The Labute approximate surface area is 95.2 Å². The molecule has 16 heavy (non-hydrogen) atoms. The molecular formula is C11H21F3N2. The first-order valence-electron chi connectivity index (χ1n) is 6.01. The van der Waals surface area contributed by atoms with E-state index in [0.29, 0.717) is 6.54 Å². The van der Waals surface area contributed by atoms with Crippen molar-refractivity contribution < 1.29 is 13.2 Å². The zero-order chi connectivity index (χ0) is 12.0. The smallest absolute Gasteiger partial charge is 0.307 e. The Morgan fingerprint density at radius 1 is 1.38 bits per heavy atom. The van der Waals surface area contributed by atoms with Crippen LogP contribution in [0.5, 0.6) is 0 Å². The molecule has 5 heteroatoms. The molecule has 0 amide bonds. The quantitative estimate of drug-likeness (QED) is 0.714. The third-order valence-corrected chi connectivity index (χ3v) is 3.00. The fourth-order valence-corrected chi connectivity index (χ4v) is 2.23. The molecule has 1 aliphatic rings. The SMILES string of the molecule is CCCC1CCN(CCNCC(F)(F)F)C1. The van der Waals surface area contributed by atoms with E-state index in [1.807, 2.05) is 0 Å². The summed E-state index contributed by atoms with van der Waals surface area (Å²) in [7, 11) is 0. The highest BCUT2D eigenvalue weighted by Gasteiger charge is 2.26. The van der Waals surface area contributed by atoms with Crippen LogP contribution in [0.25, 0.3) is 0 Å². The van der Waals surface area contributed by atoms with Gasteiger partial charge in [0.25, 0.3) is 0 Å². The monoisotopic (exact) mass is 238 g/mol. The molecule has 1 rings (SSSR count). The van der Waals surface area contributed by atoms with Crippen molar-refractivity contribution in [2.24, 2.45) is 5.92 Å². The Bertz CT molecular complexity index is 194. The summed E-state index contributed by atoms with van der Waals surface area (Å²) in [6, 6.07) is 0. The maximum absolute atomic E-state index is 11.8. The van der Waals surface area contributed by atoms with Crippen LogP contribution in [0.3, 0.4) is 0 Å². The van der Waals surface area contributed by atoms with Crippen LogP contribution in [-0.2, 0) is 0 Å². The molecule has 0 aliphatic carbocycles. The summed E-state index contributed by atoms with van der Waals surface area (Å²) in [6.45, 7) is 4.56. The Morgan fingerprint density at radius 3 is 2.75 bits per heavy atom. The molecule has 1 heterocycles. The van der Waals surface area contributed by atoms with Crippen LogP contribution in [0.4, 0.5) is 13.2 Å². The van der Waals surface area contributed by atoms with Crippen molar-refractivity contribution in [2.45, 2.75) is 32.4 Å². The maximum atomic E-state index is 11.8. The third kappa shape index (κ3) is 5.70. The van der Waals surface area contributed by atoms with Crippen molar-refractivity contribution >= 4 is 0 Å². The van der Waals surface area contributed by atoms with E-state index >= 15 is 0 Å². The summed E-state index contributed by atoms with van der Waals surface area (Å²) < 4.78 is 35.5. The lowest BCUT2D eigenvalue weighted by Crippen LogP contribution is -2.35. The summed E-state index contributed by atoms with van der Waals surface area (Å²) in [5, 5.41) is 2.43. The van der Waals surface area contributed by atoms with E-state index in [-0.39, 0.29) is 0 Å². The largest absolute Gasteiger partial charge is 0.401 e. The highest BCUT2D eigenvalue weighted by molar-refractivity contribution is 4.75. The normalized spacial score (nSPS) is 22.9. The third-order valence-electron chi connectivity index (χ3n) is 3.00. The van der Waals surface area contributed by atoms with Gasteiger partial charge < -0.3 is 10.2 Å². The second kappa shape index (κ2) is 6.45. The lowest BCUT2D eigenvalue weighted by molar-refractivity contribution is -0.124. The zero-order valence-electron chi connectivity index (χ0n) is 9.82. The van der Waals surface area contributed by atoms with Gasteiger partial charge in [0.05, 0.1) is 6.54 Å². The number of alkyl halides is 3. The number of nitrogens with zero attached hydrogens (tertiary/aromatic N) is 1. The first-order valence-corrected chi connectivity index (χ1v) is 6.01. The van der Waals surface area contributed by atoms with Crippen molar-refractivity contribution in [2.75, 3.05) is 32.7 Å². The molecule has 1 fully saturated rings. The minimum absolute atomic E-state index is 0.429. The van der Waals surface area contributed by atoms with E-state index in [1.165, 1.54) is 19.3 Å². The molecule has 0 aromatic heterocycles. The van der Waals surface area contributed by atoms with Gasteiger partial charge in [0.1, 0.15) is 0 Å². The minimum atomic E-state index is -4.09. The van der Waals surface area contributed by atoms with Crippen molar-refractivity contribution in [1.29, 1.82) is 0 Å². The standard InChI is InChI=1S/C11H21F3N2/c1-2-3-10-4-6-16(8-10)7-5-15-9-11(12,13)14/h10,15H,2-9H2,1H3. The lowest BCUT2D eigenvalue weighted by Gasteiger charge is -2.16. The van der Waals surface area contributed by atoms with Crippen LogP contribution in [-0.4, -0.2) is 43.8 Å². The van der Waals surface area contributed by atoms with Crippen LogP contribution in [0.1, 0.15) is 26.2 Å². The van der Waals surface area contributed by atoms with Crippen LogP contribution < -0.4 is 5.32 Å². The second-order valence-electron chi connectivity index (χ2n) is 4.54. The Balaban J connectivity index is 2.02. The number of halogens is 3. The number of hydrogen-bond donors (Lipinski definition) is 1. The van der Waals surface area contributed by atoms with E-state index in [9.17, 15) is 13.2 Å². The lowest BCUT2D eigenvalue weighted by atomic mass is 10.0. The van der Waals surface area contributed by atoms with Crippen molar-refractivity contribution in [3.05, 3.63) is 0 Å². The molecule has 0 spiro atoms. The van der Waals surface area contributed by atoms with E-state index in [4.69, 9.17) is 0 Å². The van der Waals surface area contributed by atoms with Gasteiger partial charge in [-0.3, -0.25) is 0 Å². The van der Waals surface area contributed by atoms with Gasteiger partial charge in [-0.15, -0.1) is 0 Å². The predicted molar refractivity (Wildman–Crippen MR) is 58.4 cm³/mol. The van der Waals surface area contributed by atoms with Crippen LogP contribution in [0.15, 0.2) is 0 Å². The molecule has 0 bridgehead atoms. The molecule has 1 N–H and O–H groups in total. The predicted octanol–water partition coefficient (Wildman–Crippen LogP) is 2.26. The average Bonchev–Trinajstić information content (AvgIpc) is 2.60. The van der Waals surface area contributed by atoms with Gasteiger partial charge in [-0.25, -0.2) is 0 Å². The maximum Gasteiger partial charge on any atom is 0.401 e. The van der Waals surface area contributed by atoms with E-state index in [1.54, 1.807) is 0 Å². The van der Waals surface area contributed by atoms with Gasteiger partial charge in [-0.05, 0) is 25.3 Å². The fraction of sp³-hybridized carbons (Fsp3) is 1.00. The van der Waals surface area contributed by atoms with Crippen LogP contribution in [0, 0.1) is 5.92 Å². The van der Waals surface area contributed by atoms with Gasteiger partial charge in [0.15, 0.2) is 0 Å². The molecule has 1 atom stereocenters. The highest BCUT2D eigenvalue weighted by atomic mass is 19.4. The number of rotatable bonds is 6. The summed E-state index contributed by atoms with van der Waals surface area (Å²) in [6.07, 6.45) is -0.444. The van der Waals surface area contributed by atoms with E-state index in [2.05, 4.69) is 17.1 Å². The average molecular weight is 238 g/mol. The second-order valence-corrected chi connectivity index (χ2v) is 4.54. The van der Waals surface area contributed by atoms with Gasteiger partial charge in [0, 0.05) is 19.6 Å². The van der Waals surface area contributed by atoms with Crippen LogP contribution in [0.2, 0.25) is 0 Å². The Hall–Kier alpha value is -0.290. The summed E-state index contributed by atoms with van der Waals surface area (Å²) >= 11 is 0. The van der Waals surface area contributed by atoms with E-state index < -0.39 is 12.7 Å².